The predicted octanol–water partition coefficient (Wildman–Crippen LogP) is 3.38. The summed E-state index contributed by atoms with van der Waals surface area (Å²) in [6.07, 6.45) is 9.87. The normalized spacial score (nSPS) is 19.7. The number of aliphatic hydroxyl groups is 1. The topological polar surface area (TPSA) is 56.0 Å². The molecule has 0 bridgehead atoms. The van der Waals surface area contributed by atoms with E-state index in [1.807, 2.05) is 13.8 Å². The Bertz CT molecular complexity index is 286. The van der Waals surface area contributed by atoms with Crippen LogP contribution < -0.4 is 5.32 Å². The van der Waals surface area contributed by atoms with Crippen LogP contribution in [0.3, 0.4) is 0 Å². The molecule has 110 valence electrons. The molecule has 0 aromatic rings. The number of nitriles is 1. The third-order valence-corrected chi connectivity index (χ3v) is 4.20. The molecule has 0 heterocycles. The van der Waals surface area contributed by atoms with Crippen LogP contribution in [0, 0.1) is 16.7 Å². The van der Waals surface area contributed by atoms with Crippen molar-refractivity contribution in [2.45, 2.75) is 77.2 Å². The summed E-state index contributed by atoms with van der Waals surface area (Å²) < 4.78 is 0. The summed E-state index contributed by atoms with van der Waals surface area (Å²) in [7, 11) is 0. The van der Waals surface area contributed by atoms with E-state index in [9.17, 15) is 5.11 Å². The second-order valence-electron chi connectivity index (χ2n) is 6.77. The highest BCUT2D eigenvalue weighted by Gasteiger charge is 2.27. The van der Waals surface area contributed by atoms with Gasteiger partial charge in [0.15, 0.2) is 0 Å². The molecule has 1 aliphatic rings. The number of unbranched alkanes of at least 4 members (excludes halogenated alkanes) is 1. The lowest BCUT2D eigenvalue weighted by Gasteiger charge is -2.27. The smallest absolute Gasteiger partial charge is 0.0771 e. The molecule has 1 aliphatic carbocycles. The molecular weight excluding hydrogens is 236 g/mol. The van der Waals surface area contributed by atoms with E-state index in [0.29, 0.717) is 0 Å². The molecule has 0 aromatic carbocycles. The molecule has 0 aromatic heterocycles. The standard InChI is InChI=1S/C16H30N2O/c1-15(2,13-17)9-7-8-12-18-14-16(19)10-5-3-4-6-11-16/h18-19H,3-12,14H2,1-2H3. The van der Waals surface area contributed by atoms with Crippen LogP contribution >= 0.6 is 0 Å². The Hall–Kier alpha value is -0.590. The summed E-state index contributed by atoms with van der Waals surface area (Å²) in [5.41, 5.74) is -0.665. The molecule has 1 fully saturated rings. The largest absolute Gasteiger partial charge is 0.389 e. The monoisotopic (exact) mass is 266 g/mol. The molecular formula is C16H30N2O. The number of nitrogens with zero attached hydrogens (tertiary/aromatic N) is 1. The minimum atomic E-state index is -0.470. The Morgan fingerprint density at radius 2 is 1.79 bits per heavy atom. The maximum Gasteiger partial charge on any atom is 0.0771 e. The Labute approximate surface area is 118 Å². The number of nitrogens with one attached hydrogen (secondary N) is 1. The van der Waals surface area contributed by atoms with Gasteiger partial charge in [0.1, 0.15) is 0 Å². The van der Waals surface area contributed by atoms with Gasteiger partial charge in [0.05, 0.1) is 17.1 Å². The van der Waals surface area contributed by atoms with E-state index in [4.69, 9.17) is 5.26 Å². The van der Waals surface area contributed by atoms with Gasteiger partial charge in [0.25, 0.3) is 0 Å². The molecule has 0 amide bonds. The fourth-order valence-corrected chi connectivity index (χ4v) is 2.76. The van der Waals surface area contributed by atoms with E-state index in [2.05, 4.69) is 11.4 Å². The van der Waals surface area contributed by atoms with E-state index in [1.165, 1.54) is 12.8 Å². The number of rotatable bonds is 7. The molecule has 3 heteroatoms. The lowest BCUT2D eigenvalue weighted by molar-refractivity contribution is 0.0254. The van der Waals surface area contributed by atoms with Crippen molar-refractivity contribution in [3.8, 4) is 6.07 Å². The number of hydrogen-bond donors (Lipinski definition) is 2. The van der Waals surface area contributed by atoms with Gasteiger partial charge in [-0.3, -0.25) is 0 Å². The summed E-state index contributed by atoms with van der Waals surface area (Å²) in [5.74, 6) is 0. The van der Waals surface area contributed by atoms with Gasteiger partial charge in [-0.25, -0.2) is 0 Å². The molecule has 0 radical (unpaired) electrons. The zero-order chi connectivity index (χ0) is 14.2. The van der Waals surface area contributed by atoms with Crippen LogP contribution in [0.2, 0.25) is 0 Å². The van der Waals surface area contributed by atoms with Gasteiger partial charge in [0.2, 0.25) is 0 Å². The van der Waals surface area contributed by atoms with Gasteiger partial charge in [-0.1, -0.05) is 32.1 Å². The average molecular weight is 266 g/mol. The van der Waals surface area contributed by atoms with Crippen molar-refractivity contribution >= 4 is 0 Å². The van der Waals surface area contributed by atoms with Crippen LogP contribution in [0.5, 0.6) is 0 Å². The maximum atomic E-state index is 10.5. The minimum absolute atomic E-state index is 0.195. The molecule has 0 atom stereocenters. The highest BCUT2D eigenvalue weighted by molar-refractivity contribution is 4.91. The maximum absolute atomic E-state index is 10.5. The van der Waals surface area contributed by atoms with Crippen molar-refractivity contribution < 1.29 is 5.11 Å². The van der Waals surface area contributed by atoms with Gasteiger partial charge in [-0.2, -0.15) is 5.26 Å². The molecule has 1 rings (SSSR count). The Morgan fingerprint density at radius 3 is 2.37 bits per heavy atom. The van der Waals surface area contributed by atoms with Crippen molar-refractivity contribution in [3.63, 3.8) is 0 Å². The van der Waals surface area contributed by atoms with E-state index >= 15 is 0 Å². The first kappa shape index (κ1) is 16.5. The van der Waals surface area contributed by atoms with Crippen LogP contribution in [0.1, 0.15) is 71.6 Å². The molecule has 1 saturated carbocycles. The molecule has 0 spiro atoms. The molecule has 0 unspecified atom stereocenters. The summed E-state index contributed by atoms with van der Waals surface area (Å²) in [6.45, 7) is 5.67. The number of hydrogen-bond acceptors (Lipinski definition) is 3. The van der Waals surface area contributed by atoms with Crippen molar-refractivity contribution in [2.75, 3.05) is 13.1 Å². The molecule has 2 N–H and O–H groups in total. The third kappa shape index (κ3) is 6.94. The summed E-state index contributed by atoms with van der Waals surface area (Å²) in [5, 5.41) is 22.8. The Morgan fingerprint density at radius 1 is 1.16 bits per heavy atom. The van der Waals surface area contributed by atoms with Crippen molar-refractivity contribution in [3.05, 3.63) is 0 Å². The van der Waals surface area contributed by atoms with E-state index in [-0.39, 0.29) is 5.41 Å². The van der Waals surface area contributed by atoms with Crippen LogP contribution in [-0.2, 0) is 0 Å². The van der Waals surface area contributed by atoms with Crippen LogP contribution in [0.4, 0.5) is 0 Å². The average Bonchev–Trinajstić information content (AvgIpc) is 2.59. The van der Waals surface area contributed by atoms with Gasteiger partial charge in [0, 0.05) is 6.54 Å². The Balaban J connectivity index is 2.08. The quantitative estimate of drug-likeness (QED) is 0.548. The highest BCUT2D eigenvalue weighted by Crippen LogP contribution is 2.26. The summed E-state index contributed by atoms with van der Waals surface area (Å²) in [6, 6.07) is 2.34. The summed E-state index contributed by atoms with van der Waals surface area (Å²) >= 11 is 0. The van der Waals surface area contributed by atoms with Gasteiger partial charge in [-0.15, -0.1) is 0 Å². The SMILES string of the molecule is CC(C)(C#N)CCCCNCC1(O)CCCCCC1. The fourth-order valence-electron chi connectivity index (χ4n) is 2.76. The van der Waals surface area contributed by atoms with Crippen LogP contribution in [-0.4, -0.2) is 23.8 Å². The van der Waals surface area contributed by atoms with Crippen molar-refractivity contribution in [1.82, 2.24) is 5.32 Å². The molecule has 3 nitrogen and oxygen atoms in total. The lowest BCUT2D eigenvalue weighted by Crippen LogP contribution is -2.40. The first-order chi connectivity index (χ1) is 8.97. The van der Waals surface area contributed by atoms with Gasteiger partial charge >= 0.3 is 0 Å². The first-order valence-corrected chi connectivity index (χ1v) is 7.82. The highest BCUT2D eigenvalue weighted by atomic mass is 16.3. The van der Waals surface area contributed by atoms with E-state index in [1.54, 1.807) is 0 Å². The Kier molecular flexibility index (Phi) is 6.82. The van der Waals surface area contributed by atoms with Crippen molar-refractivity contribution in [2.24, 2.45) is 5.41 Å². The predicted molar refractivity (Wildman–Crippen MR) is 78.8 cm³/mol. The van der Waals surface area contributed by atoms with Gasteiger partial charge < -0.3 is 10.4 Å². The van der Waals surface area contributed by atoms with E-state index in [0.717, 1.165) is 58.0 Å². The van der Waals surface area contributed by atoms with Crippen LogP contribution in [0.15, 0.2) is 0 Å². The van der Waals surface area contributed by atoms with E-state index < -0.39 is 5.60 Å². The molecule has 0 aliphatic heterocycles. The second kappa shape index (κ2) is 7.87. The van der Waals surface area contributed by atoms with Crippen LogP contribution in [0.25, 0.3) is 0 Å². The summed E-state index contributed by atoms with van der Waals surface area (Å²) in [4.78, 5) is 0. The zero-order valence-corrected chi connectivity index (χ0v) is 12.7. The first-order valence-electron chi connectivity index (χ1n) is 7.82. The lowest BCUT2D eigenvalue weighted by atomic mass is 9.89. The van der Waals surface area contributed by atoms with Gasteiger partial charge in [-0.05, 0) is 46.1 Å². The van der Waals surface area contributed by atoms with Crippen molar-refractivity contribution in [1.29, 1.82) is 5.26 Å². The minimum Gasteiger partial charge on any atom is -0.389 e. The fraction of sp³-hybridized carbons (Fsp3) is 0.938. The molecule has 0 saturated heterocycles. The zero-order valence-electron chi connectivity index (χ0n) is 12.7. The second-order valence-corrected chi connectivity index (χ2v) is 6.77. The third-order valence-electron chi connectivity index (χ3n) is 4.20. The molecule has 19 heavy (non-hydrogen) atoms.